The summed E-state index contributed by atoms with van der Waals surface area (Å²) < 4.78 is 53.8. The van der Waals surface area contributed by atoms with Crippen LogP contribution in [0.15, 0.2) is 88.9 Å². The molecule has 0 unspecified atom stereocenters. The van der Waals surface area contributed by atoms with E-state index >= 15 is 0 Å². The minimum atomic E-state index is -3.90. The molecule has 0 spiro atoms. The zero-order chi connectivity index (χ0) is 22.9. The van der Waals surface area contributed by atoms with Crippen molar-refractivity contribution in [2.75, 3.05) is 11.0 Å². The molecule has 9 heteroatoms. The van der Waals surface area contributed by atoms with Crippen LogP contribution in [-0.2, 0) is 20.0 Å². The van der Waals surface area contributed by atoms with Crippen molar-refractivity contribution in [2.24, 2.45) is 5.10 Å². The van der Waals surface area contributed by atoms with Crippen LogP contribution < -0.4 is 4.72 Å². The van der Waals surface area contributed by atoms with E-state index in [1.807, 2.05) is 31.2 Å². The number of rotatable bonds is 6. The van der Waals surface area contributed by atoms with Gasteiger partial charge in [-0.05, 0) is 47.9 Å². The van der Waals surface area contributed by atoms with Gasteiger partial charge in [0, 0.05) is 12.1 Å². The van der Waals surface area contributed by atoms with Crippen LogP contribution in [0, 0.1) is 6.92 Å². The summed E-state index contributed by atoms with van der Waals surface area (Å²) in [5, 5.41) is 4.53. The van der Waals surface area contributed by atoms with Gasteiger partial charge in [-0.25, -0.2) is 8.42 Å². The maximum atomic E-state index is 13.5. The summed E-state index contributed by atoms with van der Waals surface area (Å²) in [5.41, 5.74) is 3.45. The number of nitrogens with one attached hydrogen (secondary N) is 1. The SMILES string of the molecule is Cc1ccccc1[C@@H]1CC(c2cccc(NS(C)(=O)=O)c2)=NN1S(=O)(=O)c1ccccc1. The van der Waals surface area contributed by atoms with E-state index in [9.17, 15) is 16.8 Å². The highest BCUT2D eigenvalue weighted by Gasteiger charge is 2.38. The summed E-state index contributed by atoms with van der Waals surface area (Å²) in [6.07, 6.45) is 1.44. The molecule has 1 aliphatic rings. The third-order valence-electron chi connectivity index (χ3n) is 5.21. The van der Waals surface area contributed by atoms with E-state index in [4.69, 9.17) is 0 Å². The lowest BCUT2D eigenvalue weighted by Gasteiger charge is -2.24. The van der Waals surface area contributed by atoms with Gasteiger partial charge in [0.15, 0.2) is 0 Å². The van der Waals surface area contributed by atoms with Gasteiger partial charge in [-0.1, -0.05) is 54.6 Å². The molecule has 0 amide bonds. The maximum absolute atomic E-state index is 13.5. The second-order valence-electron chi connectivity index (χ2n) is 7.67. The van der Waals surface area contributed by atoms with Crippen molar-refractivity contribution in [3.8, 4) is 0 Å². The summed E-state index contributed by atoms with van der Waals surface area (Å²) >= 11 is 0. The van der Waals surface area contributed by atoms with Crippen molar-refractivity contribution in [1.82, 2.24) is 4.41 Å². The molecule has 0 aliphatic carbocycles. The number of sulfonamides is 2. The van der Waals surface area contributed by atoms with Gasteiger partial charge in [-0.15, -0.1) is 0 Å². The van der Waals surface area contributed by atoms with E-state index in [2.05, 4.69) is 9.82 Å². The van der Waals surface area contributed by atoms with E-state index in [-0.39, 0.29) is 4.90 Å². The van der Waals surface area contributed by atoms with Crippen molar-refractivity contribution in [3.63, 3.8) is 0 Å². The van der Waals surface area contributed by atoms with E-state index in [1.54, 1.807) is 54.6 Å². The zero-order valence-corrected chi connectivity index (χ0v) is 19.3. The van der Waals surface area contributed by atoms with Crippen LogP contribution in [0.25, 0.3) is 0 Å². The molecular formula is C23H23N3O4S2. The summed E-state index contributed by atoms with van der Waals surface area (Å²) in [5.74, 6) is 0. The van der Waals surface area contributed by atoms with Crippen molar-refractivity contribution in [1.29, 1.82) is 0 Å². The van der Waals surface area contributed by atoms with Crippen LogP contribution in [0.2, 0.25) is 0 Å². The van der Waals surface area contributed by atoms with E-state index < -0.39 is 26.1 Å². The van der Waals surface area contributed by atoms with Gasteiger partial charge in [-0.2, -0.15) is 17.9 Å². The first-order valence-corrected chi connectivity index (χ1v) is 13.3. The summed E-state index contributed by atoms with van der Waals surface area (Å²) in [6, 6.07) is 22.1. The second kappa shape index (κ2) is 8.40. The first kappa shape index (κ1) is 22.0. The van der Waals surface area contributed by atoms with Crippen LogP contribution in [-0.4, -0.2) is 33.2 Å². The first-order chi connectivity index (χ1) is 15.1. The Morgan fingerprint density at radius 2 is 1.59 bits per heavy atom. The fourth-order valence-electron chi connectivity index (χ4n) is 3.75. The molecule has 166 valence electrons. The Labute approximate surface area is 188 Å². The fraction of sp³-hybridized carbons (Fsp3) is 0.174. The maximum Gasteiger partial charge on any atom is 0.279 e. The molecule has 1 heterocycles. The molecule has 3 aromatic rings. The lowest BCUT2D eigenvalue weighted by molar-refractivity contribution is 0.370. The molecule has 1 atom stereocenters. The van der Waals surface area contributed by atoms with E-state index in [0.717, 1.165) is 17.4 Å². The molecule has 7 nitrogen and oxygen atoms in total. The third kappa shape index (κ3) is 4.53. The zero-order valence-electron chi connectivity index (χ0n) is 17.6. The largest absolute Gasteiger partial charge is 0.284 e. The molecule has 32 heavy (non-hydrogen) atoms. The van der Waals surface area contributed by atoms with Crippen LogP contribution in [0.3, 0.4) is 0 Å². The van der Waals surface area contributed by atoms with Gasteiger partial charge in [0.05, 0.1) is 22.9 Å². The number of benzene rings is 3. The van der Waals surface area contributed by atoms with Crippen LogP contribution in [0.4, 0.5) is 5.69 Å². The minimum absolute atomic E-state index is 0.163. The number of hydrazone groups is 1. The summed E-state index contributed by atoms with van der Waals surface area (Å²) in [6.45, 7) is 1.94. The standard InChI is InChI=1S/C23H23N3O4S2/c1-17-9-6-7-14-21(17)23-16-22(18-10-8-11-19(15-18)25-31(2,27)28)24-26(23)32(29,30)20-12-4-3-5-13-20/h3-15,23,25H,16H2,1-2H3/t23-/m0/s1. The number of hydrogen-bond donors (Lipinski definition) is 1. The normalized spacial score (nSPS) is 16.6. The fourth-order valence-corrected chi connectivity index (χ4v) is 5.76. The van der Waals surface area contributed by atoms with Gasteiger partial charge in [0.25, 0.3) is 10.0 Å². The van der Waals surface area contributed by atoms with Crippen LogP contribution in [0.5, 0.6) is 0 Å². The molecule has 3 aromatic carbocycles. The smallest absolute Gasteiger partial charge is 0.279 e. The second-order valence-corrected chi connectivity index (χ2v) is 11.2. The average Bonchev–Trinajstić information content (AvgIpc) is 3.20. The molecule has 1 N–H and O–H groups in total. The number of aryl methyl sites for hydroxylation is 1. The Morgan fingerprint density at radius 3 is 2.28 bits per heavy atom. The van der Waals surface area contributed by atoms with E-state index in [1.165, 1.54) is 4.41 Å². The van der Waals surface area contributed by atoms with Gasteiger partial charge in [0.2, 0.25) is 10.0 Å². The lowest BCUT2D eigenvalue weighted by Crippen LogP contribution is -2.27. The van der Waals surface area contributed by atoms with Gasteiger partial charge in [-0.3, -0.25) is 4.72 Å². The van der Waals surface area contributed by atoms with Crippen molar-refractivity contribution < 1.29 is 16.8 Å². The Balaban J connectivity index is 1.80. The predicted molar refractivity (Wildman–Crippen MR) is 125 cm³/mol. The van der Waals surface area contributed by atoms with Crippen molar-refractivity contribution in [3.05, 3.63) is 95.6 Å². The van der Waals surface area contributed by atoms with Gasteiger partial charge < -0.3 is 0 Å². The highest BCUT2D eigenvalue weighted by molar-refractivity contribution is 7.92. The first-order valence-electron chi connectivity index (χ1n) is 9.96. The average molecular weight is 470 g/mol. The van der Waals surface area contributed by atoms with Crippen molar-refractivity contribution in [2.45, 2.75) is 24.3 Å². The quantitative estimate of drug-likeness (QED) is 0.592. The molecule has 1 aliphatic heterocycles. The Morgan fingerprint density at radius 1 is 0.906 bits per heavy atom. The highest BCUT2D eigenvalue weighted by Crippen LogP contribution is 2.38. The third-order valence-corrected chi connectivity index (χ3v) is 7.51. The van der Waals surface area contributed by atoms with Crippen LogP contribution >= 0.6 is 0 Å². The monoisotopic (exact) mass is 469 g/mol. The molecule has 4 rings (SSSR count). The highest BCUT2D eigenvalue weighted by atomic mass is 32.2. The van der Waals surface area contributed by atoms with Crippen LogP contribution in [0.1, 0.15) is 29.2 Å². The van der Waals surface area contributed by atoms with Gasteiger partial charge in [0.1, 0.15) is 0 Å². The molecule has 0 saturated carbocycles. The number of anilines is 1. The molecule has 0 saturated heterocycles. The molecule has 0 radical (unpaired) electrons. The summed E-state index contributed by atoms with van der Waals surface area (Å²) in [4.78, 5) is 0.163. The molecule has 0 aromatic heterocycles. The minimum Gasteiger partial charge on any atom is -0.284 e. The predicted octanol–water partition coefficient (Wildman–Crippen LogP) is 3.91. The van der Waals surface area contributed by atoms with Crippen molar-refractivity contribution >= 4 is 31.4 Å². The lowest BCUT2D eigenvalue weighted by atomic mass is 9.96. The Hall–Kier alpha value is -3.17. The number of nitrogens with zero attached hydrogens (tertiary/aromatic N) is 2. The van der Waals surface area contributed by atoms with Gasteiger partial charge >= 0.3 is 0 Å². The molecule has 0 bridgehead atoms. The Kier molecular flexibility index (Phi) is 5.79. The van der Waals surface area contributed by atoms with E-state index in [0.29, 0.717) is 23.4 Å². The molecule has 0 fully saturated rings. The number of hydrogen-bond acceptors (Lipinski definition) is 5. The molecular weight excluding hydrogens is 446 g/mol. The topological polar surface area (TPSA) is 95.9 Å². The summed E-state index contributed by atoms with van der Waals surface area (Å²) in [7, 11) is -7.34. The Bertz CT molecular complexity index is 1390.